The fourth-order valence-corrected chi connectivity index (χ4v) is 1.59. The highest BCUT2D eigenvalue weighted by atomic mass is 35.5. The molecule has 0 bridgehead atoms. The molecule has 4 nitrogen and oxygen atoms in total. The van der Waals surface area contributed by atoms with Crippen molar-refractivity contribution in [1.82, 2.24) is 9.88 Å². The molecule has 0 radical (unpaired) electrons. The summed E-state index contributed by atoms with van der Waals surface area (Å²) in [5, 5.41) is 9.54. The van der Waals surface area contributed by atoms with Gasteiger partial charge < -0.3 is 10.0 Å². The maximum Gasteiger partial charge on any atom is 0.257 e. The first-order valence-electron chi connectivity index (χ1n) is 5.07. The van der Waals surface area contributed by atoms with E-state index in [0.717, 1.165) is 0 Å². The summed E-state index contributed by atoms with van der Waals surface area (Å²) >= 11 is 5.64. The van der Waals surface area contributed by atoms with Crippen molar-refractivity contribution in [3.05, 3.63) is 24.0 Å². The van der Waals surface area contributed by atoms with E-state index in [1.807, 2.05) is 13.8 Å². The quantitative estimate of drug-likeness (QED) is 0.821. The van der Waals surface area contributed by atoms with Gasteiger partial charge in [0.2, 0.25) is 0 Å². The van der Waals surface area contributed by atoms with Crippen LogP contribution in [0.25, 0.3) is 0 Å². The summed E-state index contributed by atoms with van der Waals surface area (Å²) in [6.07, 6.45) is 2.73. The van der Waals surface area contributed by atoms with Crippen molar-refractivity contribution in [2.75, 3.05) is 12.4 Å². The zero-order valence-electron chi connectivity index (χ0n) is 9.35. The van der Waals surface area contributed by atoms with E-state index in [2.05, 4.69) is 4.98 Å². The van der Waals surface area contributed by atoms with E-state index in [4.69, 9.17) is 11.6 Å². The van der Waals surface area contributed by atoms with Crippen LogP contribution >= 0.6 is 11.6 Å². The maximum absolute atomic E-state index is 12.1. The molecule has 0 saturated carbocycles. The van der Waals surface area contributed by atoms with Crippen LogP contribution in [-0.2, 0) is 0 Å². The number of alkyl halides is 1. The predicted molar refractivity (Wildman–Crippen MR) is 62.8 cm³/mol. The predicted octanol–water partition coefficient (Wildman–Crippen LogP) is 1.88. The smallest absolute Gasteiger partial charge is 0.257 e. The van der Waals surface area contributed by atoms with E-state index in [0.29, 0.717) is 12.4 Å². The highest BCUT2D eigenvalue weighted by molar-refractivity contribution is 6.18. The van der Waals surface area contributed by atoms with E-state index in [-0.39, 0.29) is 23.3 Å². The molecule has 1 amide bonds. The second-order valence-corrected chi connectivity index (χ2v) is 4.05. The highest BCUT2D eigenvalue weighted by Gasteiger charge is 2.20. The number of halogens is 1. The van der Waals surface area contributed by atoms with Crippen LogP contribution in [0.4, 0.5) is 0 Å². The molecule has 1 aromatic rings. The van der Waals surface area contributed by atoms with Crippen molar-refractivity contribution in [2.24, 2.45) is 0 Å². The largest absolute Gasteiger partial charge is 0.505 e. The van der Waals surface area contributed by atoms with Crippen molar-refractivity contribution < 1.29 is 9.90 Å². The van der Waals surface area contributed by atoms with Gasteiger partial charge in [0, 0.05) is 24.7 Å². The standard InChI is InChI=1S/C11H15ClN2O2/c1-8(2)14(6-4-12)11(16)9-3-5-13-7-10(9)15/h3,5,7-8,15H,4,6H2,1-2H3. The third kappa shape index (κ3) is 2.85. The number of carbonyl (C=O) groups is 1. The Balaban J connectivity index is 2.95. The minimum atomic E-state index is -0.226. The van der Waals surface area contributed by atoms with Crippen molar-refractivity contribution in [1.29, 1.82) is 0 Å². The first-order valence-corrected chi connectivity index (χ1v) is 5.61. The number of hydrogen-bond donors (Lipinski definition) is 1. The number of amides is 1. The van der Waals surface area contributed by atoms with E-state index < -0.39 is 0 Å². The van der Waals surface area contributed by atoms with E-state index >= 15 is 0 Å². The normalized spacial score (nSPS) is 10.5. The van der Waals surface area contributed by atoms with E-state index in [1.165, 1.54) is 18.5 Å². The van der Waals surface area contributed by atoms with Crippen molar-refractivity contribution in [3.63, 3.8) is 0 Å². The van der Waals surface area contributed by atoms with Crippen LogP contribution in [0.1, 0.15) is 24.2 Å². The number of pyridine rings is 1. The molecular formula is C11H15ClN2O2. The van der Waals surface area contributed by atoms with Crippen LogP contribution in [0.15, 0.2) is 18.5 Å². The van der Waals surface area contributed by atoms with Crippen LogP contribution in [0.3, 0.4) is 0 Å². The number of rotatable bonds is 4. The van der Waals surface area contributed by atoms with Gasteiger partial charge in [0.15, 0.2) is 0 Å². The van der Waals surface area contributed by atoms with Crippen molar-refractivity contribution in [2.45, 2.75) is 19.9 Å². The first-order chi connectivity index (χ1) is 7.57. The molecule has 0 atom stereocenters. The second-order valence-electron chi connectivity index (χ2n) is 3.67. The summed E-state index contributed by atoms with van der Waals surface area (Å²) in [5.74, 6) is 0.0405. The van der Waals surface area contributed by atoms with Gasteiger partial charge in [-0.1, -0.05) is 0 Å². The number of aromatic nitrogens is 1. The third-order valence-corrected chi connectivity index (χ3v) is 2.41. The Morgan fingerprint density at radius 2 is 2.31 bits per heavy atom. The zero-order valence-corrected chi connectivity index (χ0v) is 10.1. The molecule has 5 heteroatoms. The molecule has 0 saturated heterocycles. The minimum Gasteiger partial charge on any atom is -0.505 e. The van der Waals surface area contributed by atoms with Gasteiger partial charge in [-0.15, -0.1) is 11.6 Å². The molecule has 0 spiro atoms. The van der Waals surface area contributed by atoms with Crippen LogP contribution in [0, 0.1) is 0 Å². The van der Waals surface area contributed by atoms with Gasteiger partial charge in [-0.25, -0.2) is 0 Å². The number of aromatic hydroxyl groups is 1. The molecule has 0 aromatic carbocycles. The van der Waals surface area contributed by atoms with Gasteiger partial charge in [0.1, 0.15) is 5.75 Å². The number of nitrogens with zero attached hydrogens (tertiary/aromatic N) is 2. The average molecular weight is 243 g/mol. The van der Waals surface area contributed by atoms with Crippen molar-refractivity contribution >= 4 is 17.5 Å². The summed E-state index contributed by atoms with van der Waals surface area (Å²) in [6, 6.07) is 1.54. The van der Waals surface area contributed by atoms with Crippen LogP contribution < -0.4 is 0 Å². The Morgan fingerprint density at radius 3 is 2.81 bits per heavy atom. The third-order valence-electron chi connectivity index (χ3n) is 2.24. The lowest BCUT2D eigenvalue weighted by molar-refractivity contribution is 0.0715. The Bertz CT molecular complexity index is 369. The molecule has 88 valence electrons. The molecule has 1 N–H and O–H groups in total. The van der Waals surface area contributed by atoms with Gasteiger partial charge in [-0.05, 0) is 19.9 Å². The molecule has 1 heterocycles. The fourth-order valence-electron chi connectivity index (χ4n) is 1.41. The molecule has 0 aliphatic carbocycles. The first kappa shape index (κ1) is 12.8. The maximum atomic E-state index is 12.1. The number of hydrogen-bond acceptors (Lipinski definition) is 3. The molecule has 16 heavy (non-hydrogen) atoms. The molecular weight excluding hydrogens is 228 g/mol. The summed E-state index contributed by atoms with van der Waals surface area (Å²) in [4.78, 5) is 17.4. The van der Waals surface area contributed by atoms with E-state index in [9.17, 15) is 9.90 Å². The van der Waals surface area contributed by atoms with Gasteiger partial charge in [0.05, 0.1) is 11.8 Å². The Labute approximate surface area is 99.9 Å². The molecule has 1 aromatic heterocycles. The van der Waals surface area contributed by atoms with Crippen LogP contribution in [0.2, 0.25) is 0 Å². The topological polar surface area (TPSA) is 53.4 Å². The lowest BCUT2D eigenvalue weighted by atomic mass is 10.2. The number of carbonyl (C=O) groups excluding carboxylic acids is 1. The minimum absolute atomic E-state index is 0.0406. The van der Waals surface area contributed by atoms with Crippen LogP contribution in [0.5, 0.6) is 5.75 Å². The summed E-state index contributed by atoms with van der Waals surface area (Å²) in [5.41, 5.74) is 0.258. The van der Waals surface area contributed by atoms with Gasteiger partial charge in [-0.3, -0.25) is 9.78 Å². The van der Waals surface area contributed by atoms with Gasteiger partial charge >= 0.3 is 0 Å². The van der Waals surface area contributed by atoms with Crippen LogP contribution in [-0.4, -0.2) is 39.4 Å². The lowest BCUT2D eigenvalue weighted by Gasteiger charge is -2.26. The molecule has 1 rings (SSSR count). The van der Waals surface area contributed by atoms with E-state index in [1.54, 1.807) is 4.90 Å². The molecule has 0 unspecified atom stereocenters. The Hall–Kier alpha value is -1.29. The highest BCUT2D eigenvalue weighted by Crippen LogP contribution is 2.17. The lowest BCUT2D eigenvalue weighted by Crippen LogP contribution is -2.38. The van der Waals surface area contributed by atoms with Gasteiger partial charge in [-0.2, -0.15) is 0 Å². The second kappa shape index (κ2) is 5.70. The Kier molecular flexibility index (Phi) is 4.55. The molecule has 0 aliphatic rings. The summed E-state index contributed by atoms with van der Waals surface area (Å²) in [7, 11) is 0. The van der Waals surface area contributed by atoms with Crippen molar-refractivity contribution in [3.8, 4) is 5.75 Å². The van der Waals surface area contributed by atoms with Gasteiger partial charge in [0.25, 0.3) is 5.91 Å². The fraction of sp³-hybridized carbons (Fsp3) is 0.455. The SMILES string of the molecule is CC(C)N(CCCl)C(=O)c1ccncc1O. The molecule has 0 aliphatic heterocycles. The molecule has 0 fully saturated rings. The summed E-state index contributed by atoms with van der Waals surface area (Å²) < 4.78 is 0. The summed E-state index contributed by atoms with van der Waals surface area (Å²) in [6.45, 7) is 4.27. The monoisotopic (exact) mass is 242 g/mol. The zero-order chi connectivity index (χ0) is 12.1. The average Bonchev–Trinajstić information content (AvgIpc) is 2.25. The Morgan fingerprint density at radius 1 is 1.62 bits per heavy atom.